The van der Waals surface area contributed by atoms with Gasteiger partial charge in [0.1, 0.15) is 17.4 Å². The second-order valence-corrected chi connectivity index (χ2v) is 11.4. The van der Waals surface area contributed by atoms with Gasteiger partial charge in [0, 0.05) is 25.6 Å². The topological polar surface area (TPSA) is 105 Å². The Morgan fingerprint density at radius 3 is 2.36 bits per heavy atom. The molecule has 3 rings (SSSR count). The van der Waals surface area contributed by atoms with Gasteiger partial charge >= 0.3 is 0 Å². The van der Waals surface area contributed by atoms with Crippen LogP contribution in [-0.2, 0) is 34.0 Å². The largest absolute Gasteiger partial charge is 0.497 e. The molecule has 0 aliphatic heterocycles. The Morgan fingerprint density at radius 2 is 1.67 bits per heavy atom. The molecule has 2 atom stereocenters. The number of hydrogen-bond acceptors (Lipinski definition) is 6. The van der Waals surface area contributed by atoms with Crippen LogP contribution in [0.15, 0.2) is 71.6 Å². The fourth-order valence-corrected chi connectivity index (χ4v) is 5.42. The van der Waals surface area contributed by atoms with Crippen LogP contribution in [0.3, 0.4) is 0 Å². The molecule has 0 spiro atoms. The predicted octanol–water partition coefficient (Wildman–Crippen LogP) is 3.58. The number of halogens is 2. The van der Waals surface area contributed by atoms with Crippen molar-refractivity contribution in [3.8, 4) is 5.75 Å². The van der Waals surface area contributed by atoms with Crippen LogP contribution in [0.25, 0.3) is 0 Å². The zero-order valence-electron chi connectivity index (χ0n) is 22.0. The molecule has 0 saturated carbocycles. The van der Waals surface area contributed by atoms with Crippen LogP contribution < -0.4 is 15.4 Å². The van der Waals surface area contributed by atoms with Crippen molar-refractivity contribution in [1.82, 2.24) is 10.6 Å². The van der Waals surface area contributed by atoms with Crippen molar-refractivity contribution in [2.24, 2.45) is 0 Å². The first kappa shape index (κ1) is 30.2. The molecule has 0 bridgehead atoms. The van der Waals surface area contributed by atoms with E-state index in [9.17, 15) is 27.1 Å². The summed E-state index contributed by atoms with van der Waals surface area (Å²) in [5.74, 6) is -2.25. The normalized spacial score (nSPS) is 13.1. The number of hydrogen-bond donors (Lipinski definition) is 3. The third-order valence-corrected chi connectivity index (χ3v) is 7.98. The van der Waals surface area contributed by atoms with Gasteiger partial charge in [-0.2, -0.15) is 0 Å². The van der Waals surface area contributed by atoms with E-state index in [1.165, 1.54) is 24.8 Å². The van der Waals surface area contributed by atoms with Crippen LogP contribution in [0, 0.1) is 11.6 Å². The second kappa shape index (κ2) is 14.2. The van der Waals surface area contributed by atoms with Crippen molar-refractivity contribution in [3.05, 3.63) is 95.1 Å². The van der Waals surface area contributed by atoms with Gasteiger partial charge in [0.15, 0.2) is 9.84 Å². The molecule has 0 unspecified atom stereocenters. The van der Waals surface area contributed by atoms with Crippen LogP contribution in [-0.4, -0.2) is 51.0 Å². The summed E-state index contributed by atoms with van der Waals surface area (Å²) < 4.78 is 58.1. The summed E-state index contributed by atoms with van der Waals surface area (Å²) in [5.41, 5.74) is 2.45. The Kier molecular flexibility index (Phi) is 11.0. The van der Waals surface area contributed by atoms with Gasteiger partial charge in [-0.1, -0.05) is 37.3 Å². The van der Waals surface area contributed by atoms with Gasteiger partial charge in [-0.3, -0.25) is 4.79 Å². The van der Waals surface area contributed by atoms with E-state index in [-0.39, 0.29) is 29.8 Å². The number of carbonyl (C=O) groups is 1. The molecule has 0 heterocycles. The number of sulfone groups is 1. The molecule has 1 amide bonds. The van der Waals surface area contributed by atoms with Crippen LogP contribution in [0.2, 0.25) is 0 Å². The third kappa shape index (κ3) is 9.42. The summed E-state index contributed by atoms with van der Waals surface area (Å²) in [5, 5.41) is 16.7. The Balaban J connectivity index is 1.66. The average molecular weight is 561 g/mol. The monoisotopic (exact) mass is 560 g/mol. The van der Waals surface area contributed by atoms with Crippen molar-refractivity contribution in [2.45, 2.75) is 49.8 Å². The van der Waals surface area contributed by atoms with Crippen molar-refractivity contribution >= 4 is 15.7 Å². The molecule has 0 aliphatic carbocycles. The lowest BCUT2D eigenvalue weighted by Crippen LogP contribution is -2.49. The molecule has 0 aromatic heterocycles. The van der Waals surface area contributed by atoms with E-state index in [1.807, 2.05) is 18.2 Å². The molecule has 210 valence electrons. The molecule has 39 heavy (non-hydrogen) atoms. The molecule has 3 aromatic rings. The lowest BCUT2D eigenvalue weighted by molar-refractivity contribution is -0.122. The number of aliphatic hydroxyl groups excluding tert-OH is 1. The zero-order valence-corrected chi connectivity index (χ0v) is 22.8. The van der Waals surface area contributed by atoms with E-state index < -0.39 is 45.3 Å². The Labute approximate surface area is 228 Å². The average Bonchev–Trinajstić information content (AvgIpc) is 2.91. The molecular weight excluding hydrogens is 526 g/mol. The van der Waals surface area contributed by atoms with Crippen LogP contribution in [0.5, 0.6) is 5.75 Å². The van der Waals surface area contributed by atoms with E-state index in [0.717, 1.165) is 30.2 Å². The number of methoxy groups -OCH3 is 1. The minimum absolute atomic E-state index is 0.0258. The zero-order chi connectivity index (χ0) is 28.4. The molecule has 3 aromatic carbocycles. The number of rotatable bonds is 14. The molecule has 0 radical (unpaired) electrons. The van der Waals surface area contributed by atoms with Gasteiger partial charge < -0.3 is 20.5 Å². The molecule has 10 heteroatoms. The van der Waals surface area contributed by atoms with Crippen LogP contribution in [0.4, 0.5) is 8.78 Å². The summed E-state index contributed by atoms with van der Waals surface area (Å²) >= 11 is 0. The van der Waals surface area contributed by atoms with Gasteiger partial charge in [-0.05, 0) is 59.9 Å². The lowest BCUT2D eigenvalue weighted by atomic mass is 10.0. The smallest absolute Gasteiger partial charge is 0.221 e. The second-order valence-electron chi connectivity index (χ2n) is 9.28. The van der Waals surface area contributed by atoms with Crippen molar-refractivity contribution in [2.75, 3.05) is 19.4 Å². The van der Waals surface area contributed by atoms with E-state index in [4.69, 9.17) is 4.74 Å². The quantitative estimate of drug-likeness (QED) is 0.279. The molecular formula is C29H34F2N2O5S. The first-order chi connectivity index (χ1) is 18.6. The lowest BCUT2D eigenvalue weighted by Gasteiger charge is -2.25. The van der Waals surface area contributed by atoms with Gasteiger partial charge in [-0.25, -0.2) is 17.2 Å². The number of carbonyl (C=O) groups excluding carboxylic acids is 1. The fourth-order valence-electron chi connectivity index (χ4n) is 4.15. The minimum atomic E-state index is -3.78. The molecule has 0 saturated heterocycles. The number of nitrogens with one attached hydrogen (secondary N) is 2. The number of amides is 1. The standard InChI is InChI=1S/C29H34F2N2O5S/c1-3-20-6-4-7-21(12-20)18-32-19-28(34)27(15-22-13-23(30)16-24(31)14-22)33-29(35)10-11-39(36,37)26-9-5-8-25(17-26)38-2/h4-9,12-14,16-17,27-28,32,34H,3,10-11,15,18-19H2,1-2H3,(H,33,35)/t27-,28+/m0/s1. The van der Waals surface area contributed by atoms with Gasteiger partial charge in [0.25, 0.3) is 0 Å². The van der Waals surface area contributed by atoms with Gasteiger partial charge in [-0.15, -0.1) is 0 Å². The van der Waals surface area contributed by atoms with E-state index in [2.05, 4.69) is 23.6 Å². The predicted molar refractivity (Wildman–Crippen MR) is 145 cm³/mol. The maximum absolute atomic E-state index is 13.8. The number of benzene rings is 3. The van der Waals surface area contributed by atoms with Gasteiger partial charge in [0.2, 0.25) is 5.91 Å². The Hall–Kier alpha value is -3.34. The number of aryl methyl sites for hydroxylation is 1. The summed E-state index contributed by atoms with van der Waals surface area (Å²) in [6.45, 7) is 2.61. The SMILES string of the molecule is CCc1cccc(CNC[C@@H](O)[C@H](Cc2cc(F)cc(F)c2)NC(=O)CCS(=O)(=O)c2cccc(OC)c2)c1. The highest BCUT2D eigenvalue weighted by atomic mass is 32.2. The summed E-state index contributed by atoms with van der Waals surface area (Å²) in [7, 11) is -2.36. The minimum Gasteiger partial charge on any atom is -0.497 e. The summed E-state index contributed by atoms with van der Waals surface area (Å²) in [6, 6.07) is 16.0. The molecule has 7 nitrogen and oxygen atoms in total. The Morgan fingerprint density at radius 1 is 0.974 bits per heavy atom. The van der Waals surface area contributed by atoms with Crippen molar-refractivity contribution < 1.29 is 31.8 Å². The van der Waals surface area contributed by atoms with Crippen molar-refractivity contribution in [1.29, 1.82) is 0 Å². The fraction of sp³-hybridized carbons (Fsp3) is 0.345. The van der Waals surface area contributed by atoms with Gasteiger partial charge in [0.05, 0.1) is 29.9 Å². The molecule has 0 aliphatic rings. The first-order valence-electron chi connectivity index (χ1n) is 12.7. The highest BCUT2D eigenvalue weighted by Crippen LogP contribution is 2.19. The third-order valence-electron chi connectivity index (χ3n) is 6.27. The highest BCUT2D eigenvalue weighted by Gasteiger charge is 2.24. The van der Waals surface area contributed by atoms with E-state index in [1.54, 1.807) is 12.1 Å². The maximum Gasteiger partial charge on any atom is 0.221 e. The first-order valence-corrected chi connectivity index (χ1v) is 14.3. The van der Waals surface area contributed by atoms with Crippen LogP contribution >= 0.6 is 0 Å². The van der Waals surface area contributed by atoms with Crippen molar-refractivity contribution in [3.63, 3.8) is 0 Å². The Bertz CT molecular complexity index is 1350. The van der Waals surface area contributed by atoms with Crippen LogP contribution in [0.1, 0.15) is 30.0 Å². The number of aliphatic hydroxyl groups is 1. The molecule has 3 N–H and O–H groups in total. The summed E-state index contributed by atoms with van der Waals surface area (Å²) in [6.07, 6.45) is -0.651. The van der Waals surface area contributed by atoms with E-state index >= 15 is 0 Å². The maximum atomic E-state index is 13.8. The highest BCUT2D eigenvalue weighted by molar-refractivity contribution is 7.91. The molecule has 0 fully saturated rings. The summed E-state index contributed by atoms with van der Waals surface area (Å²) in [4.78, 5) is 12.8. The number of ether oxygens (including phenoxy) is 1. The van der Waals surface area contributed by atoms with E-state index in [0.29, 0.717) is 12.3 Å².